The molecule has 36 nitrogen and oxygen atoms in total. The molecule has 0 spiro atoms. The average molecular weight is 1820 g/mol. The van der Waals surface area contributed by atoms with Crippen LogP contribution in [0.15, 0.2) is 41.6 Å². The summed E-state index contributed by atoms with van der Waals surface area (Å²) in [7, 11) is 9.34. The standard InChI is InChI=1S/C89H134N10O26S2/c1-59-47-65-58-98-74-53-78(76(115-9)51-70(74)85(109)96(65)56-59)121-33-18-34-122-79-54-75-71(52-77(79)116-10)86(110)97-57-64(95-125-46-45-117-32-17-21-66(100)23-28-89(5,6)127-126-11)50-73(97)62(4)99(75)88(112)124-38-26-68(102)48-60(2)81(105)93-55-63(19-13-12-14-20-67(101)24-35-118-43-41-113-7)83(107)91-30-39-120-40-31-92-84(108)72(22-15-16-29-90-80(104)27-36-119-44-42-114-8)94-82(106)61(3)49-69(103)25-37-123-87(98)111/h51-54,60-63,65,72-73H,1,12-50,55-58H2,2-11H3,(H,90,104)(H,91,107)(H,92,108)(H,93,105)(H,94,106)/b95-64+/t60-,61-,62?,63-,65+,72+,73+/m1/s1. The molecule has 708 valence electrons. The van der Waals surface area contributed by atoms with E-state index in [1.165, 1.54) is 55.2 Å². The molecule has 7 rings (SSSR count). The Hall–Kier alpha value is -9.18. The summed E-state index contributed by atoms with van der Waals surface area (Å²) in [5.41, 5.74) is 1.70. The number of rotatable bonds is 38. The van der Waals surface area contributed by atoms with Crippen LogP contribution >= 0.6 is 21.6 Å². The second-order valence-corrected chi connectivity index (χ2v) is 35.8. The molecular weight excluding hydrogens is 1690 g/mol. The van der Waals surface area contributed by atoms with E-state index in [0.29, 0.717) is 109 Å². The van der Waals surface area contributed by atoms with Gasteiger partial charge >= 0.3 is 12.2 Å². The fraction of sp³-hybridized carbons (Fsp3) is 0.685. The SMILES string of the molecule is C=C1C[C@H]2CN3C(=O)OCCC(=O)C[C@@H](C)C(=O)N[C@@H](CCCCNC(=O)CCOCCOC)C(=O)NCCOCCNC(=O)[C@H](CCCCCC(=O)CCOCCOC)CNC(=O)[C@H](C)CC(=O)CCOC(=O)N4c5cc(c(OC)cc5C(=O)N5C/C(=N/OCCOCCCC(=O)CCC(C)(C)SSC)C[C@H]5C4C)OCCCOc4cc3c(cc4OC)C(=O)N2C1. The number of ketones is 4. The van der Waals surface area contributed by atoms with E-state index in [-0.39, 0.29) is 224 Å². The average Bonchev–Trinajstić information content (AvgIpc) is 1.61. The first-order chi connectivity index (χ1) is 61.1. The summed E-state index contributed by atoms with van der Waals surface area (Å²) in [5, 5.41) is 18.6. The molecule has 127 heavy (non-hydrogen) atoms. The number of carbonyl (C=O) groups is 13. The van der Waals surface area contributed by atoms with Crippen LogP contribution in [0, 0.1) is 17.8 Å². The molecular formula is C89H134N10O26S2. The molecule has 4 bridgehead atoms. The van der Waals surface area contributed by atoms with Gasteiger partial charge in [-0.2, -0.15) is 0 Å². The maximum atomic E-state index is 15.0. The number of carbonyl (C=O) groups excluding carboxylic acids is 13. The lowest BCUT2D eigenvalue weighted by molar-refractivity contribution is -0.132. The number of methoxy groups -OCH3 is 4. The van der Waals surface area contributed by atoms with Crippen molar-refractivity contribution in [2.75, 3.05) is 189 Å². The number of fused-ring (bicyclic) bond motifs is 4. The number of hydrogen-bond acceptors (Lipinski definition) is 29. The van der Waals surface area contributed by atoms with Gasteiger partial charge in [0.15, 0.2) is 23.0 Å². The summed E-state index contributed by atoms with van der Waals surface area (Å²) in [4.78, 5) is 191. The van der Waals surface area contributed by atoms with E-state index in [9.17, 15) is 57.5 Å². The van der Waals surface area contributed by atoms with Crippen LogP contribution in [-0.2, 0) is 85.9 Å². The second kappa shape index (κ2) is 56.3. The van der Waals surface area contributed by atoms with Crippen LogP contribution in [0.25, 0.3) is 0 Å². The van der Waals surface area contributed by atoms with Crippen molar-refractivity contribution in [3.8, 4) is 23.0 Å². The van der Waals surface area contributed by atoms with Crippen molar-refractivity contribution in [3.05, 3.63) is 47.5 Å². The Labute approximate surface area is 753 Å². The van der Waals surface area contributed by atoms with Crippen molar-refractivity contribution < 1.29 is 124 Å². The third-order valence-corrected chi connectivity index (χ3v) is 24.9. The van der Waals surface area contributed by atoms with Gasteiger partial charge in [-0.15, -0.1) is 0 Å². The zero-order valence-electron chi connectivity index (χ0n) is 75.6. The summed E-state index contributed by atoms with van der Waals surface area (Å²) in [6.07, 6.45) is 5.88. The zero-order chi connectivity index (χ0) is 92.2. The fourth-order valence-electron chi connectivity index (χ4n) is 15.1. The Morgan fingerprint density at radius 2 is 1.17 bits per heavy atom. The third-order valence-electron chi connectivity index (χ3n) is 22.2. The number of hydrogen-bond donors (Lipinski definition) is 5. The summed E-state index contributed by atoms with van der Waals surface area (Å²) in [6, 6.07) is 2.91. The molecule has 2 aromatic carbocycles. The van der Waals surface area contributed by atoms with Crippen molar-refractivity contribution in [3.63, 3.8) is 0 Å². The second-order valence-electron chi connectivity index (χ2n) is 32.7. The molecule has 5 aliphatic heterocycles. The highest BCUT2D eigenvalue weighted by molar-refractivity contribution is 8.76. The number of Topliss-reactive ketones (excluding diaryl/α,β-unsaturated/α-hetero) is 4. The molecule has 38 heteroatoms. The molecule has 0 aliphatic carbocycles. The molecule has 0 saturated carbocycles. The number of oxime groups is 1. The van der Waals surface area contributed by atoms with Crippen LogP contribution in [-0.4, -0.2) is 301 Å². The van der Waals surface area contributed by atoms with Crippen LogP contribution in [0.2, 0.25) is 0 Å². The van der Waals surface area contributed by atoms with Gasteiger partial charge in [0.05, 0.1) is 152 Å². The minimum absolute atomic E-state index is 0.00420. The first-order valence-corrected chi connectivity index (χ1v) is 46.7. The highest BCUT2D eigenvalue weighted by Crippen LogP contribution is 2.44. The van der Waals surface area contributed by atoms with Gasteiger partial charge in [-0.3, -0.25) is 62.5 Å². The Morgan fingerprint density at radius 3 is 1.83 bits per heavy atom. The van der Waals surface area contributed by atoms with E-state index in [4.69, 9.17) is 61.7 Å². The maximum Gasteiger partial charge on any atom is 0.414 e. The molecule has 5 N–H and O–H groups in total. The lowest BCUT2D eigenvalue weighted by atomic mass is 9.98. The third kappa shape index (κ3) is 35.3. The number of nitrogens with zero attached hydrogens (tertiary/aromatic N) is 5. The molecule has 0 aromatic heterocycles. The molecule has 9 amide bonds. The van der Waals surface area contributed by atoms with E-state index < -0.39 is 114 Å². The highest BCUT2D eigenvalue weighted by atomic mass is 33.1. The minimum atomic E-state index is -1.07. The van der Waals surface area contributed by atoms with E-state index in [1.807, 2.05) is 6.26 Å². The molecule has 7 atom stereocenters. The van der Waals surface area contributed by atoms with Crippen LogP contribution in [0.5, 0.6) is 23.0 Å². The van der Waals surface area contributed by atoms with Gasteiger partial charge in [0.25, 0.3) is 11.8 Å². The monoisotopic (exact) mass is 1820 g/mol. The number of benzene rings is 2. The van der Waals surface area contributed by atoms with Crippen molar-refractivity contribution in [1.29, 1.82) is 0 Å². The first-order valence-electron chi connectivity index (χ1n) is 44.1. The molecule has 5 aliphatic rings. The van der Waals surface area contributed by atoms with E-state index >= 15 is 4.79 Å². The molecule has 2 aromatic rings. The minimum Gasteiger partial charge on any atom is -0.493 e. The normalized spacial score (nSPS) is 21.5. The van der Waals surface area contributed by atoms with Gasteiger partial charge in [0.1, 0.15) is 49.0 Å². The molecule has 5 heterocycles. The predicted molar refractivity (Wildman–Crippen MR) is 476 cm³/mol. The summed E-state index contributed by atoms with van der Waals surface area (Å²) >= 11 is 0. The Bertz CT molecular complexity index is 4020. The van der Waals surface area contributed by atoms with Gasteiger partial charge in [-0.1, -0.05) is 65.6 Å². The van der Waals surface area contributed by atoms with Crippen molar-refractivity contribution >= 4 is 115 Å². The van der Waals surface area contributed by atoms with Gasteiger partial charge < -0.3 is 98.1 Å². The zero-order valence-corrected chi connectivity index (χ0v) is 77.3. The number of anilines is 2. The van der Waals surface area contributed by atoms with Crippen molar-refractivity contribution in [1.82, 2.24) is 36.4 Å². The van der Waals surface area contributed by atoms with Crippen molar-refractivity contribution in [2.45, 2.75) is 198 Å². The number of unbranched alkanes of at least 4 members (excludes halogenated alkanes) is 3. The maximum absolute atomic E-state index is 15.0. The predicted octanol–water partition coefficient (Wildman–Crippen LogP) is 8.51. The number of nitrogens with one attached hydrogen (secondary N) is 5. The number of amides is 9. The van der Waals surface area contributed by atoms with Gasteiger partial charge in [0.2, 0.25) is 29.5 Å². The van der Waals surface area contributed by atoms with E-state index in [0.717, 1.165) is 12.0 Å². The molecule has 0 radical (unpaired) electrons. The van der Waals surface area contributed by atoms with Crippen LogP contribution in [0.4, 0.5) is 21.0 Å². The smallest absolute Gasteiger partial charge is 0.414 e. The lowest BCUT2D eigenvalue weighted by Gasteiger charge is -2.32. The van der Waals surface area contributed by atoms with Crippen LogP contribution < -0.4 is 55.3 Å². The van der Waals surface area contributed by atoms with E-state index in [1.54, 1.807) is 59.5 Å². The Morgan fingerprint density at radius 1 is 0.575 bits per heavy atom. The van der Waals surface area contributed by atoms with Gasteiger partial charge in [-0.05, 0) is 90.5 Å². The first kappa shape index (κ1) is 105. The Kier molecular flexibility index (Phi) is 46.5. The quantitative estimate of drug-likeness (QED) is 0.0182. The summed E-state index contributed by atoms with van der Waals surface area (Å²) < 4.78 is 68.6. The summed E-state index contributed by atoms with van der Waals surface area (Å²) in [6.45, 7) is 15.5. The lowest BCUT2D eigenvalue weighted by Crippen LogP contribution is -2.49. The fourth-order valence-corrected chi connectivity index (χ4v) is 17.3. The van der Waals surface area contributed by atoms with Crippen LogP contribution in [0.1, 0.15) is 190 Å². The van der Waals surface area contributed by atoms with Crippen LogP contribution in [0.3, 0.4) is 0 Å². The number of cyclic esters (lactones) is 2. The van der Waals surface area contributed by atoms with Gasteiger partial charge in [0, 0.05) is 153 Å². The molecule has 2 saturated heterocycles. The topological polar surface area (TPSA) is 427 Å². The largest absolute Gasteiger partial charge is 0.493 e. The highest BCUT2D eigenvalue weighted by Gasteiger charge is 2.47. The summed E-state index contributed by atoms with van der Waals surface area (Å²) in [5.74, 6) is -5.75. The van der Waals surface area contributed by atoms with Crippen molar-refractivity contribution in [2.24, 2.45) is 22.9 Å². The molecule has 1 unspecified atom stereocenters. The number of ether oxygens (including phenoxy) is 12. The molecule has 2 fully saturated rings. The Balaban J connectivity index is 1.09. The van der Waals surface area contributed by atoms with E-state index in [2.05, 4.69) is 52.2 Å². The van der Waals surface area contributed by atoms with Gasteiger partial charge in [-0.25, -0.2) is 9.59 Å².